The zero-order chi connectivity index (χ0) is 10.1. The highest BCUT2D eigenvalue weighted by molar-refractivity contribution is 6.02. The number of nitrogens with zero attached hydrogens (tertiary/aromatic N) is 1. The molecule has 0 spiro atoms. The second-order valence-electron chi connectivity index (χ2n) is 3.13. The van der Waals surface area contributed by atoms with Crippen molar-refractivity contribution >= 4 is 23.0 Å². The fourth-order valence-corrected chi connectivity index (χ4v) is 1.58. The van der Waals surface area contributed by atoms with Crippen LogP contribution in [0.1, 0.15) is 17.3 Å². The number of carbonyl (C=O) groups excluding carboxylic acids is 1. The molecule has 1 aromatic heterocycles. The van der Waals surface area contributed by atoms with Gasteiger partial charge in [0.05, 0.1) is 5.52 Å². The van der Waals surface area contributed by atoms with E-state index < -0.39 is 0 Å². The summed E-state index contributed by atoms with van der Waals surface area (Å²) in [7, 11) is 0. The van der Waals surface area contributed by atoms with Crippen LogP contribution in [0.3, 0.4) is 0 Å². The Morgan fingerprint density at radius 2 is 2.14 bits per heavy atom. The molecule has 0 atom stereocenters. The van der Waals surface area contributed by atoms with Crippen molar-refractivity contribution in [2.24, 2.45) is 0 Å². The number of benzene rings is 1. The van der Waals surface area contributed by atoms with Crippen molar-refractivity contribution in [3.8, 4) is 0 Å². The molecule has 0 aliphatic heterocycles. The summed E-state index contributed by atoms with van der Waals surface area (Å²) in [6.45, 7) is 1.51. The third-order valence-electron chi connectivity index (χ3n) is 2.24. The molecular weight excluding hydrogens is 176 g/mol. The zero-order valence-electron chi connectivity index (χ0n) is 7.82. The lowest BCUT2D eigenvalue weighted by Crippen LogP contribution is -2.02. The van der Waals surface area contributed by atoms with Crippen molar-refractivity contribution in [2.75, 3.05) is 0 Å². The van der Waals surface area contributed by atoms with Gasteiger partial charge in [-0.1, -0.05) is 18.2 Å². The van der Waals surface area contributed by atoms with E-state index in [4.69, 9.17) is 5.41 Å². The van der Waals surface area contributed by atoms with Crippen LogP contribution in [-0.2, 0) is 0 Å². The van der Waals surface area contributed by atoms with Crippen molar-refractivity contribution in [3.63, 3.8) is 0 Å². The fraction of sp³-hybridized carbons (Fsp3) is 0.0909. The van der Waals surface area contributed by atoms with Gasteiger partial charge in [0.2, 0.25) is 5.91 Å². The van der Waals surface area contributed by atoms with Crippen LogP contribution in [0.15, 0.2) is 30.5 Å². The van der Waals surface area contributed by atoms with Crippen LogP contribution in [0.2, 0.25) is 0 Å². The number of para-hydroxylation sites is 1. The average molecular weight is 186 g/mol. The molecule has 0 aliphatic carbocycles. The highest BCUT2D eigenvalue weighted by Gasteiger charge is 2.07. The SMILES string of the molecule is CC(=O)n1cc(C=N)c2ccccc21. The minimum atomic E-state index is -0.0331. The van der Waals surface area contributed by atoms with E-state index in [0.29, 0.717) is 0 Å². The van der Waals surface area contributed by atoms with E-state index in [1.165, 1.54) is 13.1 Å². The maximum absolute atomic E-state index is 11.3. The molecule has 70 valence electrons. The first-order chi connectivity index (χ1) is 6.74. The first-order valence-electron chi connectivity index (χ1n) is 4.35. The van der Waals surface area contributed by atoms with Crippen LogP contribution < -0.4 is 0 Å². The molecule has 0 radical (unpaired) electrons. The van der Waals surface area contributed by atoms with Crippen molar-refractivity contribution in [1.29, 1.82) is 5.41 Å². The smallest absolute Gasteiger partial charge is 0.227 e. The van der Waals surface area contributed by atoms with E-state index in [1.54, 1.807) is 10.8 Å². The minimum Gasteiger partial charge on any atom is -0.308 e. The van der Waals surface area contributed by atoms with Gasteiger partial charge in [-0.2, -0.15) is 0 Å². The van der Waals surface area contributed by atoms with Gasteiger partial charge in [-0.25, -0.2) is 0 Å². The molecule has 3 nitrogen and oxygen atoms in total. The van der Waals surface area contributed by atoms with Gasteiger partial charge in [0.15, 0.2) is 0 Å². The summed E-state index contributed by atoms with van der Waals surface area (Å²) in [5.41, 5.74) is 1.63. The van der Waals surface area contributed by atoms with E-state index in [9.17, 15) is 4.79 Å². The molecule has 0 fully saturated rings. The normalized spacial score (nSPS) is 10.4. The second-order valence-corrected chi connectivity index (χ2v) is 3.13. The third-order valence-corrected chi connectivity index (χ3v) is 2.24. The van der Waals surface area contributed by atoms with Gasteiger partial charge in [0, 0.05) is 30.3 Å². The lowest BCUT2D eigenvalue weighted by Gasteiger charge is -1.96. The molecule has 1 aromatic carbocycles. The van der Waals surface area contributed by atoms with Crippen LogP contribution >= 0.6 is 0 Å². The van der Waals surface area contributed by atoms with Gasteiger partial charge in [0.25, 0.3) is 0 Å². The van der Waals surface area contributed by atoms with E-state index in [0.717, 1.165) is 16.5 Å². The molecule has 0 aliphatic rings. The molecule has 0 saturated heterocycles. The molecule has 0 saturated carbocycles. The van der Waals surface area contributed by atoms with Crippen LogP contribution in [0.4, 0.5) is 0 Å². The topological polar surface area (TPSA) is 45.9 Å². The quantitative estimate of drug-likeness (QED) is 0.682. The summed E-state index contributed by atoms with van der Waals surface area (Å²) >= 11 is 0. The Labute approximate surface area is 81.5 Å². The predicted molar refractivity (Wildman–Crippen MR) is 56.1 cm³/mol. The summed E-state index contributed by atoms with van der Waals surface area (Å²) in [5.74, 6) is -0.0331. The van der Waals surface area contributed by atoms with E-state index >= 15 is 0 Å². The molecule has 0 amide bonds. The standard InChI is InChI=1S/C11H10N2O/c1-8(14)13-7-9(6-12)10-4-2-3-5-11(10)13/h2-7,12H,1H3. The van der Waals surface area contributed by atoms with Crippen LogP contribution in [-0.4, -0.2) is 16.7 Å². The van der Waals surface area contributed by atoms with Gasteiger partial charge in [-0.05, 0) is 6.07 Å². The molecular formula is C11H10N2O. The van der Waals surface area contributed by atoms with Crippen molar-refractivity contribution in [1.82, 2.24) is 4.57 Å². The molecule has 2 rings (SSSR count). The van der Waals surface area contributed by atoms with E-state index in [-0.39, 0.29) is 5.91 Å². The maximum Gasteiger partial charge on any atom is 0.227 e. The fourth-order valence-electron chi connectivity index (χ4n) is 1.58. The number of rotatable bonds is 1. The molecule has 1 N–H and O–H groups in total. The molecule has 0 unspecified atom stereocenters. The number of fused-ring (bicyclic) bond motifs is 1. The van der Waals surface area contributed by atoms with Crippen molar-refractivity contribution in [3.05, 3.63) is 36.0 Å². The molecule has 0 bridgehead atoms. The van der Waals surface area contributed by atoms with E-state index in [2.05, 4.69) is 0 Å². The molecule has 2 aromatic rings. The number of nitrogens with one attached hydrogen (secondary N) is 1. The lowest BCUT2D eigenvalue weighted by atomic mass is 10.2. The van der Waals surface area contributed by atoms with Crippen LogP contribution in [0.5, 0.6) is 0 Å². The summed E-state index contributed by atoms with van der Waals surface area (Å²) in [6, 6.07) is 7.58. The van der Waals surface area contributed by atoms with Crippen molar-refractivity contribution < 1.29 is 4.79 Å². The predicted octanol–water partition coefficient (Wildman–Crippen LogP) is 2.30. The van der Waals surface area contributed by atoms with Crippen molar-refractivity contribution in [2.45, 2.75) is 6.92 Å². The molecule has 3 heteroatoms. The largest absolute Gasteiger partial charge is 0.308 e. The van der Waals surface area contributed by atoms with Crippen LogP contribution in [0, 0.1) is 5.41 Å². The number of aromatic nitrogens is 1. The van der Waals surface area contributed by atoms with Gasteiger partial charge in [-0.3, -0.25) is 9.36 Å². The summed E-state index contributed by atoms with van der Waals surface area (Å²) in [5, 5.41) is 8.17. The van der Waals surface area contributed by atoms with E-state index in [1.807, 2.05) is 24.3 Å². The maximum atomic E-state index is 11.3. The van der Waals surface area contributed by atoms with Gasteiger partial charge in [-0.15, -0.1) is 0 Å². The Morgan fingerprint density at radius 3 is 2.79 bits per heavy atom. The van der Waals surface area contributed by atoms with Crippen LogP contribution in [0.25, 0.3) is 10.9 Å². The average Bonchev–Trinajstić information content (AvgIpc) is 2.56. The van der Waals surface area contributed by atoms with Gasteiger partial charge < -0.3 is 5.41 Å². The summed E-state index contributed by atoms with van der Waals surface area (Å²) in [6.07, 6.45) is 2.96. The van der Waals surface area contributed by atoms with Gasteiger partial charge >= 0.3 is 0 Å². The Balaban J connectivity index is 2.86. The lowest BCUT2D eigenvalue weighted by molar-refractivity contribution is 0.0941. The summed E-state index contributed by atoms with van der Waals surface area (Å²) in [4.78, 5) is 11.3. The monoisotopic (exact) mass is 186 g/mol. The number of carbonyl (C=O) groups is 1. The molecule has 1 heterocycles. The third kappa shape index (κ3) is 1.14. The highest BCUT2D eigenvalue weighted by atomic mass is 16.1. The highest BCUT2D eigenvalue weighted by Crippen LogP contribution is 2.19. The molecule has 14 heavy (non-hydrogen) atoms. The Bertz CT molecular complexity index is 511. The Hall–Kier alpha value is -1.90. The zero-order valence-corrected chi connectivity index (χ0v) is 7.82. The summed E-state index contributed by atoms with van der Waals surface area (Å²) < 4.78 is 1.57. The Morgan fingerprint density at radius 1 is 1.43 bits per heavy atom. The Kier molecular flexibility index (Phi) is 1.93. The number of hydrogen-bond donors (Lipinski definition) is 1. The minimum absolute atomic E-state index is 0.0331. The first-order valence-corrected chi connectivity index (χ1v) is 4.35. The number of hydrogen-bond acceptors (Lipinski definition) is 2. The van der Waals surface area contributed by atoms with Gasteiger partial charge in [0.1, 0.15) is 0 Å². The first kappa shape index (κ1) is 8.69. The second kappa shape index (κ2) is 3.10.